The van der Waals surface area contributed by atoms with Gasteiger partial charge in [0.25, 0.3) is 0 Å². The van der Waals surface area contributed by atoms with Crippen LogP contribution in [0.4, 0.5) is 8.78 Å². The van der Waals surface area contributed by atoms with Crippen molar-refractivity contribution in [1.29, 1.82) is 0 Å². The minimum Gasteiger partial charge on any atom is -0.493 e. The Morgan fingerprint density at radius 3 is 2.39 bits per heavy atom. The monoisotopic (exact) mass is 482 g/mol. The van der Waals surface area contributed by atoms with E-state index in [0.29, 0.717) is 12.0 Å². The lowest BCUT2D eigenvalue weighted by Gasteiger charge is -2.21. The van der Waals surface area contributed by atoms with Crippen molar-refractivity contribution in [2.75, 3.05) is 13.7 Å². The van der Waals surface area contributed by atoms with Gasteiger partial charge in [-0.05, 0) is 41.7 Å². The zero-order valence-electron chi connectivity index (χ0n) is 18.6. The molecule has 7 nitrogen and oxygen atoms in total. The van der Waals surface area contributed by atoms with Crippen LogP contribution < -0.4 is 19.5 Å². The summed E-state index contributed by atoms with van der Waals surface area (Å²) in [5.41, 5.74) is 1.44. The molecule has 0 heterocycles. The number of rotatable bonds is 12. The lowest BCUT2D eigenvalue weighted by molar-refractivity contribution is -0.123. The predicted molar refractivity (Wildman–Crippen MR) is 122 cm³/mol. The fourth-order valence-corrected chi connectivity index (χ4v) is 4.09. The molecule has 0 fully saturated rings. The normalized spacial score (nSPS) is 12.8. The lowest BCUT2D eigenvalue weighted by atomic mass is 10.0. The average molecular weight is 483 g/mol. The highest BCUT2D eigenvalue weighted by Gasteiger charge is 2.26. The molecular formula is C23H28F2N2O5S. The molecule has 10 heteroatoms. The minimum atomic E-state index is -3.85. The summed E-state index contributed by atoms with van der Waals surface area (Å²) in [7, 11) is -2.51. The van der Waals surface area contributed by atoms with Gasteiger partial charge in [0.1, 0.15) is 6.04 Å². The maximum Gasteiger partial charge on any atom is 0.387 e. The molecule has 1 atom stereocenters. The van der Waals surface area contributed by atoms with E-state index in [0.717, 1.165) is 11.0 Å². The molecule has 2 aromatic carbocycles. The van der Waals surface area contributed by atoms with E-state index in [2.05, 4.69) is 14.8 Å². The van der Waals surface area contributed by atoms with Crippen molar-refractivity contribution in [2.24, 2.45) is 5.92 Å². The molecule has 2 N–H and O–H groups in total. The fraction of sp³-hybridized carbons (Fsp3) is 0.348. The molecule has 0 bridgehead atoms. The molecule has 0 aliphatic heterocycles. The van der Waals surface area contributed by atoms with Crippen molar-refractivity contribution in [3.05, 3.63) is 65.1 Å². The van der Waals surface area contributed by atoms with Crippen molar-refractivity contribution in [3.63, 3.8) is 0 Å². The van der Waals surface area contributed by atoms with Gasteiger partial charge in [-0.2, -0.15) is 13.5 Å². The van der Waals surface area contributed by atoms with Crippen LogP contribution in [0.15, 0.2) is 53.9 Å². The van der Waals surface area contributed by atoms with E-state index in [1.165, 1.54) is 19.3 Å². The number of amides is 1. The number of nitrogens with one attached hydrogen (secondary N) is 2. The summed E-state index contributed by atoms with van der Waals surface area (Å²) >= 11 is 0. The maximum absolute atomic E-state index is 12.6. The van der Waals surface area contributed by atoms with E-state index < -0.39 is 28.6 Å². The summed E-state index contributed by atoms with van der Waals surface area (Å²) in [6, 6.07) is 12.5. The first-order valence-corrected chi connectivity index (χ1v) is 11.8. The molecule has 1 amide bonds. The summed E-state index contributed by atoms with van der Waals surface area (Å²) in [6.45, 7) is 0.714. The van der Waals surface area contributed by atoms with Crippen molar-refractivity contribution < 1.29 is 31.5 Å². The SMILES string of the molecule is COc1cc(CCNC(=O)[C@@H](NS(=O)(=O)/C=C/c2ccccc2)C(C)C)ccc1OC(F)F. The van der Waals surface area contributed by atoms with Crippen LogP contribution in [0.3, 0.4) is 0 Å². The molecule has 2 aromatic rings. The second kappa shape index (κ2) is 12.3. The Morgan fingerprint density at radius 1 is 1.09 bits per heavy atom. The Bertz CT molecular complexity index is 1040. The smallest absolute Gasteiger partial charge is 0.387 e. The maximum atomic E-state index is 12.6. The van der Waals surface area contributed by atoms with Gasteiger partial charge in [-0.3, -0.25) is 4.79 Å². The van der Waals surface area contributed by atoms with Gasteiger partial charge in [-0.25, -0.2) is 8.42 Å². The van der Waals surface area contributed by atoms with Crippen molar-refractivity contribution in [1.82, 2.24) is 10.0 Å². The van der Waals surface area contributed by atoms with Crippen molar-refractivity contribution >= 4 is 22.0 Å². The number of benzene rings is 2. The van der Waals surface area contributed by atoms with Gasteiger partial charge in [-0.1, -0.05) is 50.2 Å². The van der Waals surface area contributed by atoms with E-state index in [1.807, 2.05) is 6.07 Å². The van der Waals surface area contributed by atoms with Crippen LogP contribution in [0.5, 0.6) is 11.5 Å². The third kappa shape index (κ3) is 8.82. The first-order chi connectivity index (χ1) is 15.6. The number of sulfonamides is 1. The second-order valence-corrected chi connectivity index (χ2v) is 9.10. The second-order valence-electron chi connectivity index (χ2n) is 7.50. The Morgan fingerprint density at radius 2 is 1.79 bits per heavy atom. The van der Waals surface area contributed by atoms with Gasteiger partial charge in [0, 0.05) is 12.0 Å². The van der Waals surface area contributed by atoms with Crippen LogP contribution in [0.2, 0.25) is 0 Å². The molecular weight excluding hydrogens is 454 g/mol. The zero-order valence-corrected chi connectivity index (χ0v) is 19.4. The Balaban J connectivity index is 1.97. The summed E-state index contributed by atoms with van der Waals surface area (Å²) in [4.78, 5) is 12.6. The topological polar surface area (TPSA) is 93.7 Å². The molecule has 0 aliphatic rings. The van der Waals surface area contributed by atoms with Crippen LogP contribution in [0, 0.1) is 5.92 Å². The lowest BCUT2D eigenvalue weighted by Crippen LogP contribution is -2.49. The number of alkyl halides is 2. The summed E-state index contributed by atoms with van der Waals surface area (Å²) in [5.74, 6) is -0.697. The molecule has 33 heavy (non-hydrogen) atoms. The highest BCUT2D eigenvalue weighted by molar-refractivity contribution is 7.92. The molecule has 0 spiro atoms. The first kappa shape index (κ1) is 26.3. The Kier molecular flexibility index (Phi) is 9.80. The van der Waals surface area contributed by atoms with Gasteiger partial charge in [0.2, 0.25) is 15.9 Å². The van der Waals surface area contributed by atoms with Gasteiger partial charge in [0.05, 0.1) is 7.11 Å². The van der Waals surface area contributed by atoms with E-state index >= 15 is 0 Å². The van der Waals surface area contributed by atoms with Crippen molar-refractivity contribution in [3.8, 4) is 11.5 Å². The van der Waals surface area contributed by atoms with Gasteiger partial charge < -0.3 is 14.8 Å². The molecule has 2 rings (SSSR count). The van der Waals surface area contributed by atoms with Gasteiger partial charge >= 0.3 is 6.61 Å². The summed E-state index contributed by atoms with van der Waals surface area (Å²) in [5, 5.41) is 3.74. The number of hydrogen-bond donors (Lipinski definition) is 2. The molecule has 0 aromatic heterocycles. The summed E-state index contributed by atoms with van der Waals surface area (Å²) in [6.07, 6.45) is 1.83. The van der Waals surface area contributed by atoms with E-state index in [1.54, 1.807) is 50.2 Å². The Hall–Kier alpha value is -2.98. The number of ether oxygens (including phenoxy) is 2. The summed E-state index contributed by atoms with van der Waals surface area (Å²) < 4.78 is 61.6. The third-order valence-electron chi connectivity index (χ3n) is 4.64. The van der Waals surface area contributed by atoms with Crippen molar-refractivity contribution in [2.45, 2.75) is 32.9 Å². The largest absolute Gasteiger partial charge is 0.493 e. The zero-order chi connectivity index (χ0) is 24.4. The van der Waals surface area contributed by atoms with E-state index in [9.17, 15) is 22.0 Å². The number of halogens is 2. The molecule has 0 radical (unpaired) electrons. The molecule has 0 saturated heterocycles. The van der Waals surface area contributed by atoms with E-state index in [4.69, 9.17) is 4.74 Å². The van der Waals surface area contributed by atoms with Crippen LogP contribution in [0.25, 0.3) is 6.08 Å². The van der Waals surface area contributed by atoms with Crippen LogP contribution >= 0.6 is 0 Å². The molecule has 0 aliphatic carbocycles. The molecule has 0 unspecified atom stereocenters. The fourth-order valence-electron chi connectivity index (χ4n) is 2.94. The standard InChI is InChI=1S/C23H28F2N2O5S/c1-16(2)21(27-33(29,30)14-12-17-7-5-4-6-8-17)22(28)26-13-11-18-9-10-19(32-23(24)25)20(15-18)31-3/h4-10,12,14-16,21,23,27H,11,13H2,1-3H3,(H,26,28)/b14-12+/t21-/m0/s1. The van der Waals surface area contributed by atoms with Gasteiger partial charge in [0.15, 0.2) is 11.5 Å². The van der Waals surface area contributed by atoms with Gasteiger partial charge in [-0.15, -0.1) is 0 Å². The molecule has 0 saturated carbocycles. The quantitative estimate of drug-likeness (QED) is 0.483. The Labute approximate surface area is 192 Å². The predicted octanol–water partition coefficient (Wildman–Crippen LogP) is 3.57. The number of hydrogen-bond acceptors (Lipinski definition) is 5. The highest BCUT2D eigenvalue weighted by Crippen LogP contribution is 2.29. The van der Waals surface area contributed by atoms with Crippen LogP contribution in [-0.4, -0.2) is 40.6 Å². The first-order valence-electron chi connectivity index (χ1n) is 10.3. The number of carbonyl (C=O) groups excluding carboxylic acids is 1. The molecule has 180 valence electrons. The average Bonchev–Trinajstić information content (AvgIpc) is 2.77. The number of methoxy groups -OCH3 is 1. The van der Waals surface area contributed by atoms with E-state index in [-0.39, 0.29) is 24.0 Å². The van der Waals surface area contributed by atoms with Crippen LogP contribution in [0.1, 0.15) is 25.0 Å². The number of carbonyl (C=O) groups is 1. The minimum absolute atomic E-state index is 0.0851. The highest BCUT2D eigenvalue weighted by atomic mass is 32.2. The third-order valence-corrected chi connectivity index (χ3v) is 5.71. The van der Waals surface area contributed by atoms with Crippen LogP contribution in [-0.2, 0) is 21.2 Å².